The molecule has 6 nitrogen and oxygen atoms in total. The van der Waals surface area contributed by atoms with Crippen LogP contribution in [0.4, 0.5) is 13.2 Å². The van der Waals surface area contributed by atoms with Crippen LogP contribution in [0.5, 0.6) is 23.0 Å². The topological polar surface area (TPSA) is 74.2 Å². The number of rotatable bonds is 6. The molecule has 0 saturated carbocycles. The van der Waals surface area contributed by atoms with Crippen molar-refractivity contribution in [3.8, 4) is 23.0 Å². The van der Waals surface area contributed by atoms with E-state index in [4.69, 9.17) is 35.7 Å². The molecule has 2 aromatic carbocycles. The zero-order chi connectivity index (χ0) is 26.2. The van der Waals surface area contributed by atoms with E-state index in [1.54, 1.807) is 0 Å². The first kappa shape index (κ1) is 29.4. The first-order valence-electron chi connectivity index (χ1n) is 10.2. The summed E-state index contributed by atoms with van der Waals surface area (Å²) in [6.45, 7) is 11.0. The van der Waals surface area contributed by atoms with E-state index in [0.717, 1.165) is 37.0 Å². The minimum Gasteiger partial charge on any atom is -0.490 e. The molecule has 10 heteroatoms. The Hall–Kier alpha value is -2.65. The Bertz CT molecular complexity index is 930. The zero-order valence-corrected chi connectivity index (χ0v) is 20.5. The Kier molecular flexibility index (Phi) is 10.5. The fraction of sp³-hybridized carbons (Fsp3) is 0.458. The molecule has 0 aliphatic carbocycles. The normalized spacial score (nSPS) is 16.6. The van der Waals surface area contributed by atoms with Gasteiger partial charge in [0, 0.05) is 30.6 Å². The third-order valence-electron chi connectivity index (χ3n) is 5.23. The summed E-state index contributed by atoms with van der Waals surface area (Å²) >= 11 is 5.95. The molecule has 34 heavy (non-hydrogen) atoms. The van der Waals surface area contributed by atoms with Crippen LogP contribution in [0.25, 0.3) is 0 Å². The minimum atomic E-state index is -4.77. The third-order valence-corrected chi connectivity index (χ3v) is 5.52. The first-order valence-corrected chi connectivity index (χ1v) is 10.6. The van der Waals surface area contributed by atoms with Crippen LogP contribution in [0.15, 0.2) is 36.4 Å². The summed E-state index contributed by atoms with van der Waals surface area (Å²) in [6.07, 6.45) is -3.98. The maximum absolute atomic E-state index is 12.2. The number of fused-ring (bicyclic) bond motifs is 1. The van der Waals surface area contributed by atoms with Crippen molar-refractivity contribution >= 4 is 18.4 Å². The van der Waals surface area contributed by atoms with Crippen LogP contribution in [0, 0.1) is 5.41 Å². The molecule has 0 radical (unpaired) electrons. The molecule has 0 bridgehead atoms. The number of ether oxygens (including phenoxy) is 4. The number of benzene rings is 2. The fourth-order valence-corrected chi connectivity index (χ4v) is 3.28. The van der Waals surface area contributed by atoms with Gasteiger partial charge in [0.1, 0.15) is 48.6 Å². The van der Waals surface area contributed by atoms with Gasteiger partial charge in [0.2, 0.25) is 0 Å². The van der Waals surface area contributed by atoms with Crippen molar-refractivity contribution in [2.45, 2.75) is 46.1 Å². The number of alkyl halides is 3. The molecule has 190 valence electrons. The highest BCUT2D eigenvalue weighted by Crippen LogP contribution is 2.45. The average Bonchev–Trinajstić information content (AvgIpc) is 3.11. The number of carbonyl (C=O) groups is 1. The van der Waals surface area contributed by atoms with E-state index in [-0.39, 0.29) is 35.0 Å². The maximum Gasteiger partial charge on any atom is 0.573 e. The Balaban J connectivity index is 0.00000137. The Morgan fingerprint density at radius 2 is 1.62 bits per heavy atom. The second-order valence-corrected chi connectivity index (χ2v) is 8.77. The molecule has 1 N–H and O–H groups in total. The first-order chi connectivity index (χ1) is 15.9. The molecule has 1 heterocycles. The lowest BCUT2D eigenvalue weighted by atomic mass is 9.75. The van der Waals surface area contributed by atoms with Gasteiger partial charge in [0.05, 0.1) is 5.02 Å². The average molecular weight is 507 g/mol. The van der Waals surface area contributed by atoms with Crippen LogP contribution >= 0.6 is 11.6 Å². The van der Waals surface area contributed by atoms with Crippen molar-refractivity contribution in [2.75, 3.05) is 20.3 Å². The number of halogens is 4. The number of carbonyl (C=O) groups excluding carboxylic acids is 1. The van der Waals surface area contributed by atoms with E-state index >= 15 is 0 Å². The van der Waals surface area contributed by atoms with Crippen LogP contribution < -0.4 is 18.9 Å². The Morgan fingerprint density at radius 1 is 1.03 bits per heavy atom. The van der Waals surface area contributed by atoms with E-state index in [9.17, 15) is 13.2 Å². The molecule has 1 aliphatic rings. The standard InChI is InChI=1S/C22H24ClF3O4.CH4O.CH2O/c1-20(2,3)21(4)13-14-11-15(5-7-18(14)30-21)27-9-10-28-19-8-6-16(12-17(19)23)29-22(24,25)26;2*1-2/h5-8,11-12H,9-10,13H2,1-4H3;2H,1H3;1H2. The SMILES string of the molecule is C=O.CC(C)(C)C1(C)Cc2cc(OCCOc3ccc(OC(F)(F)F)cc3Cl)ccc2O1.CO. The molecule has 0 fully saturated rings. The summed E-state index contributed by atoms with van der Waals surface area (Å²) in [6, 6.07) is 9.22. The van der Waals surface area contributed by atoms with Gasteiger partial charge >= 0.3 is 6.36 Å². The third kappa shape index (κ3) is 7.99. The smallest absolute Gasteiger partial charge is 0.490 e. The molecule has 0 spiro atoms. The van der Waals surface area contributed by atoms with Crippen LogP contribution in [0.2, 0.25) is 5.02 Å². The predicted molar refractivity (Wildman–Crippen MR) is 123 cm³/mol. The van der Waals surface area contributed by atoms with Gasteiger partial charge < -0.3 is 28.8 Å². The summed E-state index contributed by atoms with van der Waals surface area (Å²) in [7, 11) is 1.00. The Morgan fingerprint density at radius 3 is 2.18 bits per heavy atom. The van der Waals surface area contributed by atoms with Crippen molar-refractivity contribution < 1.29 is 42.0 Å². The second kappa shape index (κ2) is 12.2. The molecule has 0 saturated heterocycles. The Labute approximate surface area is 202 Å². The molecule has 2 aromatic rings. The lowest BCUT2D eigenvalue weighted by Gasteiger charge is -2.37. The molecule has 0 aromatic heterocycles. The van der Waals surface area contributed by atoms with Crippen LogP contribution in [0.3, 0.4) is 0 Å². The number of aliphatic hydroxyl groups is 1. The van der Waals surface area contributed by atoms with Gasteiger partial charge in [-0.2, -0.15) is 0 Å². The molecular weight excluding hydrogens is 477 g/mol. The van der Waals surface area contributed by atoms with Crippen LogP contribution in [-0.4, -0.2) is 44.2 Å². The van der Waals surface area contributed by atoms with Crippen molar-refractivity contribution in [1.82, 2.24) is 0 Å². The lowest BCUT2D eigenvalue weighted by molar-refractivity contribution is -0.274. The highest BCUT2D eigenvalue weighted by atomic mass is 35.5. The largest absolute Gasteiger partial charge is 0.573 e. The maximum atomic E-state index is 12.2. The molecule has 3 rings (SSSR count). The summed E-state index contributed by atoms with van der Waals surface area (Å²) in [4.78, 5) is 8.00. The van der Waals surface area contributed by atoms with E-state index < -0.39 is 12.1 Å². The van der Waals surface area contributed by atoms with Gasteiger partial charge in [-0.1, -0.05) is 32.4 Å². The van der Waals surface area contributed by atoms with Gasteiger partial charge in [-0.25, -0.2) is 0 Å². The number of aliphatic hydroxyl groups excluding tert-OH is 1. The van der Waals surface area contributed by atoms with Crippen molar-refractivity contribution in [3.05, 3.63) is 47.0 Å². The summed E-state index contributed by atoms with van der Waals surface area (Å²) in [5.41, 5.74) is 0.797. The second-order valence-electron chi connectivity index (χ2n) is 8.37. The highest BCUT2D eigenvalue weighted by Gasteiger charge is 2.44. The van der Waals surface area contributed by atoms with Crippen LogP contribution in [0.1, 0.15) is 33.3 Å². The van der Waals surface area contributed by atoms with E-state index in [0.29, 0.717) is 5.75 Å². The van der Waals surface area contributed by atoms with Crippen molar-refractivity contribution in [3.63, 3.8) is 0 Å². The monoisotopic (exact) mass is 506 g/mol. The summed E-state index contributed by atoms with van der Waals surface area (Å²) in [5, 5.41) is 7.02. The van der Waals surface area contributed by atoms with Crippen molar-refractivity contribution in [1.29, 1.82) is 0 Å². The van der Waals surface area contributed by atoms with E-state index in [1.165, 1.54) is 6.07 Å². The minimum absolute atomic E-state index is 0.0131. The molecule has 1 unspecified atom stereocenters. The molecule has 1 aliphatic heterocycles. The van der Waals surface area contributed by atoms with Gasteiger partial charge in [-0.15, -0.1) is 13.2 Å². The lowest BCUT2D eigenvalue weighted by Crippen LogP contribution is -2.44. The van der Waals surface area contributed by atoms with E-state index in [1.807, 2.05) is 25.0 Å². The fourth-order valence-electron chi connectivity index (χ4n) is 3.05. The molecular formula is C24H30ClF3O6. The zero-order valence-electron chi connectivity index (χ0n) is 19.8. The van der Waals surface area contributed by atoms with Gasteiger partial charge in [-0.3, -0.25) is 0 Å². The number of hydrogen-bond acceptors (Lipinski definition) is 6. The van der Waals surface area contributed by atoms with Gasteiger partial charge in [0.15, 0.2) is 0 Å². The van der Waals surface area contributed by atoms with Gasteiger partial charge in [0.25, 0.3) is 0 Å². The number of hydrogen-bond donors (Lipinski definition) is 1. The quantitative estimate of drug-likeness (QED) is 0.495. The van der Waals surface area contributed by atoms with E-state index in [2.05, 4.69) is 32.4 Å². The summed E-state index contributed by atoms with van der Waals surface area (Å²) < 4.78 is 58.0. The predicted octanol–water partition coefficient (Wildman–Crippen LogP) is 5.86. The van der Waals surface area contributed by atoms with Crippen LogP contribution in [-0.2, 0) is 11.2 Å². The molecule has 0 amide bonds. The van der Waals surface area contributed by atoms with Gasteiger partial charge in [-0.05, 0) is 37.3 Å². The molecule has 1 atom stereocenters. The summed E-state index contributed by atoms with van der Waals surface area (Å²) in [5.74, 6) is 1.40. The highest BCUT2D eigenvalue weighted by molar-refractivity contribution is 6.32. The van der Waals surface area contributed by atoms with Crippen molar-refractivity contribution in [2.24, 2.45) is 5.41 Å².